The van der Waals surface area contributed by atoms with E-state index in [1.165, 1.54) is 12.0 Å². The zero-order valence-corrected chi connectivity index (χ0v) is 17.4. The van der Waals surface area contributed by atoms with Gasteiger partial charge in [-0.1, -0.05) is 60.7 Å². The van der Waals surface area contributed by atoms with Crippen LogP contribution in [0.3, 0.4) is 0 Å². The van der Waals surface area contributed by atoms with Crippen LogP contribution in [-0.4, -0.2) is 35.0 Å². The minimum atomic E-state index is -0.970. The van der Waals surface area contributed by atoms with Gasteiger partial charge in [-0.3, -0.25) is 19.3 Å². The molecular weight excluding hydrogens is 408 g/mol. The summed E-state index contributed by atoms with van der Waals surface area (Å²) in [4.78, 5) is 34.1. The van der Waals surface area contributed by atoms with Crippen molar-refractivity contribution in [2.75, 3.05) is 12.2 Å². The first kappa shape index (κ1) is 20.1. The number of hydrogen-bond acceptors (Lipinski definition) is 6. The lowest BCUT2D eigenvalue weighted by Crippen LogP contribution is -2.37. The molecule has 0 saturated carbocycles. The van der Waals surface area contributed by atoms with Crippen LogP contribution in [0.1, 0.15) is 17.2 Å². The quantitative estimate of drug-likeness (QED) is 0.625. The van der Waals surface area contributed by atoms with Crippen molar-refractivity contribution < 1.29 is 24.3 Å². The maximum absolute atomic E-state index is 13.5. The lowest BCUT2D eigenvalue weighted by Gasteiger charge is -2.29. The number of fused-ring (bicyclic) bond motifs is 1. The van der Waals surface area contributed by atoms with E-state index in [-0.39, 0.29) is 29.9 Å². The molecule has 2 fully saturated rings. The lowest BCUT2D eigenvalue weighted by atomic mass is 9.90. The number of nitrogens with zero attached hydrogens (tertiary/aromatic N) is 2. The van der Waals surface area contributed by atoms with Gasteiger partial charge >= 0.3 is 0 Å². The summed E-state index contributed by atoms with van der Waals surface area (Å²) in [7, 11) is 1.47. The Balaban J connectivity index is 1.57. The number of phenolic OH excluding ortho intramolecular Hbond substituents is 1. The van der Waals surface area contributed by atoms with Crippen molar-refractivity contribution in [3.63, 3.8) is 0 Å². The number of benzene rings is 3. The highest BCUT2D eigenvalue weighted by Crippen LogP contribution is 2.50. The zero-order chi connectivity index (χ0) is 22.2. The first-order valence-corrected chi connectivity index (χ1v) is 10.4. The van der Waals surface area contributed by atoms with E-state index in [1.807, 2.05) is 60.7 Å². The second-order valence-corrected chi connectivity index (χ2v) is 7.80. The van der Waals surface area contributed by atoms with Crippen molar-refractivity contribution in [1.29, 1.82) is 0 Å². The van der Waals surface area contributed by atoms with E-state index >= 15 is 0 Å². The van der Waals surface area contributed by atoms with Gasteiger partial charge < -0.3 is 9.84 Å². The number of imide groups is 1. The van der Waals surface area contributed by atoms with Crippen LogP contribution >= 0.6 is 0 Å². The molecule has 3 aromatic rings. The maximum atomic E-state index is 13.5. The number of hydroxylamine groups is 1. The molecule has 162 valence electrons. The molecule has 2 aliphatic heterocycles. The number of carbonyl (C=O) groups excluding carboxylic acids is 2. The molecule has 0 spiro atoms. The largest absolute Gasteiger partial charge is 0.504 e. The van der Waals surface area contributed by atoms with Crippen molar-refractivity contribution in [3.8, 4) is 11.5 Å². The summed E-state index contributed by atoms with van der Waals surface area (Å²) in [5, 5.41) is 12.4. The van der Waals surface area contributed by atoms with E-state index in [0.29, 0.717) is 11.3 Å². The van der Waals surface area contributed by atoms with Gasteiger partial charge in [0.2, 0.25) is 5.91 Å². The van der Waals surface area contributed by atoms with Crippen molar-refractivity contribution in [3.05, 3.63) is 90.0 Å². The minimum absolute atomic E-state index is 0.0769. The van der Waals surface area contributed by atoms with Crippen LogP contribution in [0, 0.1) is 5.92 Å². The average Bonchev–Trinajstić information content (AvgIpc) is 3.32. The number of rotatable bonds is 5. The fourth-order valence-electron chi connectivity index (χ4n) is 4.45. The second-order valence-electron chi connectivity index (χ2n) is 7.80. The Bertz CT molecular complexity index is 1150. The van der Waals surface area contributed by atoms with E-state index in [9.17, 15) is 14.7 Å². The molecule has 0 radical (unpaired) electrons. The third-order valence-electron chi connectivity index (χ3n) is 5.97. The molecule has 0 aliphatic carbocycles. The Morgan fingerprint density at radius 1 is 0.906 bits per heavy atom. The summed E-state index contributed by atoms with van der Waals surface area (Å²) in [6.07, 6.45) is -0.970. The highest BCUT2D eigenvalue weighted by Gasteiger charge is 2.60. The van der Waals surface area contributed by atoms with Gasteiger partial charge in [0.15, 0.2) is 17.6 Å². The van der Waals surface area contributed by atoms with Crippen molar-refractivity contribution in [2.45, 2.75) is 18.7 Å². The molecule has 3 atom stereocenters. The summed E-state index contributed by atoms with van der Waals surface area (Å²) in [5.74, 6) is -1.29. The van der Waals surface area contributed by atoms with E-state index < -0.39 is 18.1 Å². The zero-order valence-electron chi connectivity index (χ0n) is 17.4. The van der Waals surface area contributed by atoms with Crippen LogP contribution in [0.4, 0.5) is 5.69 Å². The fourth-order valence-corrected chi connectivity index (χ4v) is 4.45. The predicted octanol–water partition coefficient (Wildman–Crippen LogP) is 3.45. The van der Waals surface area contributed by atoms with Gasteiger partial charge in [0.25, 0.3) is 5.91 Å². The Morgan fingerprint density at radius 3 is 2.28 bits per heavy atom. The monoisotopic (exact) mass is 430 g/mol. The number of phenols is 1. The molecule has 32 heavy (non-hydrogen) atoms. The smallest absolute Gasteiger partial charge is 0.262 e. The van der Waals surface area contributed by atoms with Gasteiger partial charge in [-0.05, 0) is 23.8 Å². The standard InChI is InChI=1S/C25H22N2O5/c1-31-19-14-8-13-18(22(19)28)21-20-23(32-27(21)17-11-6-3-7-12-17)25(30)26(24(20)29)15-16-9-4-2-5-10-16/h2-14,20-21,23,28H,15H2,1H3/t20-,21-,23+/m0/s1. The van der Waals surface area contributed by atoms with Crippen LogP contribution in [0.25, 0.3) is 0 Å². The Hall–Kier alpha value is -3.84. The first-order chi connectivity index (χ1) is 15.6. The highest BCUT2D eigenvalue weighted by molar-refractivity contribution is 6.07. The first-order valence-electron chi connectivity index (χ1n) is 10.4. The molecule has 2 saturated heterocycles. The molecule has 2 amide bonds. The summed E-state index contributed by atoms with van der Waals surface area (Å²) < 4.78 is 5.27. The van der Waals surface area contributed by atoms with E-state index in [4.69, 9.17) is 9.57 Å². The van der Waals surface area contributed by atoms with Crippen LogP contribution in [0.2, 0.25) is 0 Å². The Morgan fingerprint density at radius 2 is 1.59 bits per heavy atom. The van der Waals surface area contributed by atoms with Gasteiger partial charge in [-0.15, -0.1) is 0 Å². The van der Waals surface area contributed by atoms with Crippen molar-refractivity contribution in [1.82, 2.24) is 4.90 Å². The lowest BCUT2D eigenvalue weighted by molar-refractivity contribution is -0.143. The van der Waals surface area contributed by atoms with Crippen LogP contribution in [0.15, 0.2) is 78.9 Å². The molecule has 0 unspecified atom stereocenters. The summed E-state index contributed by atoms with van der Waals surface area (Å²) in [6.45, 7) is 0.178. The van der Waals surface area contributed by atoms with Gasteiger partial charge in [0.05, 0.1) is 19.3 Å². The van der Waals surface area contributed by atoms with E-state index in [1.54, 1.807) is 23.3 Å². The normalized spacial score (nSPS) is 22.3. The summed E-state index contributed by atoms with van der Waals surface area (Å²) >= 11 is 0. The maximum Gasteiger partial charge on any atom is 0.262 e. The SMILES string of the molecule is COc1cccc([C@H]2[C@@H]3C(=O)N(Cc4ccccc4)C(=O)[C@@H]3ON2c2ccccc2)c1O. The molecule has 7 heteroatoms. The number of carbonyl (C=O) groups is 2. The number of anilines is 1. The molecule has 0 aromatic heterocycles. The molecule has 2 aliphatic rings. The number of amides is 2. The Kier molecular flexibility index (Phi) is 5.03. The highest BCUT2D eigenvalue weighted by atomic mass is 16.7. The fraction of sp³-hybridized carbons (Fsp3) is 0.200. The van der Waals surface area contributed by atoms with Gasteiger partial charge in [-0.25, -0.2) is 5.06 Å². The number of ether oxygens (including phenoxy) is 1. The van der Waals surface area contributed by atoms with Crippen molar-refractivity contribution >= 4 is 17.5 Å². The molecule has 3 aromatic carbocycles. The minimum Gasteiger partial charge on any atom is -0.504 e. The molecular formula is C25H22N2O5. The average molecular weight is 430 g/mol. The van der Waals surface area contributed by atoms with Gasteiger partial charge in [0, 0.05) is 5.56 Å². The van der Waals surface area contributed by atoms with Gasteiger partial charge in [-0.2, -0.15) is 0 Å². The van der Waals surface area contributed by atoms with E-state index in [0.717, 1.165) is 5.56 Å². The molecule has 2 heterocycles. The number of para-hydroxylation sites is 2. The number of methoxy groups -OCH3 is 1. The van der Waals surface area contributed by atoms with Crippen molar-refractivity contribution in [2.24, 2.45) is 5.92 Å². The van der Waals surface area contributed by atoms with Gasteiger partial charge in [0.1, 0.15) is 12.0 Å². The Labute approximate surface area is 185 Å². The third kappa shape index (κ3) is 3.18. The molecule has 5 rings (SSSR count). The number of likely N-dealkylation sites (tertiary alicyclic amines) is 1. The number of hydrogen-bond donors (Lipinski definition) is 1. The van der Waals surface area contributed by atoms with Crippen LogP contribution in [0.5, 0.6) is 11.5 Å². The summed E-state index contributed by atoms with van der Waals surface area (Å²) in [6, 6.07) is 23.0. The van der Waals surface area contributed by atoms with Crippen LogP contribution in [-0.2, 0) is 21.0 Å². The van der Waals surface area contributed by atoms with E-state index in [2.05, 4.69) is 0 Å². The molecule has 7 nitrogen and oxygen atoms in total. The summed E-state index contributed by atoms with van der Waals surface area (Å²) in [5.41, 5.74) is 2.00. The third-order valence-corrected chi connectivity index (χ3v) is 5.97. The predicted molar refractivity (Wildman–Crippen MR) is 117 cm³/mol. The second kappa shape index (κ2) is 8.01. The molecule has 1 N–H and O–H groups in total. The topological polar surface area (TPSA) is 79.3 Å². The number of aromatic hydroxyl groups is 1. The van der Waals surface area contributed by atoms with Crippen LogP contribution < -0.4 is 9.80 Å². The molecule has 0 bridgehead atoms.